The van der Waals surface area contributed by atoms with Crippen LogP contribution in [0.2, 0.25) is 5.02 Å². The van der Waals surface area contributed by atoms with Crippen LogP contribution in [0, 0.1) is 0 Å². The Labute approximate surface area is 179 Å². The van der Waals surface area contributed by atoms with E-state index in [9.17, 15) is 18.0 Å². The van der Waals surface area contributed by atoms with Crippen molar-refractivity contribution in [2.45, 2.75) is 4.90 Å². The molecular formula is C22H18ClNO5S. The molecule has 0 amide bonds. The van der Waals surface area contributed by atoms with Gasteiger partial charge in [-0.1, -0.05) is 41.9 Å². The molecule has 8 heteroatoms. The molecule has 6 nitrogen and oxygen atoms in total. The Hall–Kier alpha value is -3.16. The molecule has 0 N–H and O–H groups in total. The summed E-state index contributed by atoms with van der Waals surface area (Å²) in [6.07, 6.45) is 0. The zero-order valence-corrected chi connectivity index (χ0v) is 17.6. The van der Waals surface area contributed by atoms with Crippen LogP contribution in [0.15, 0.2) is 83.8 Å². The van der Waals surface area contributed by atoms with Crippen LogP contribution in [0.3, 0.4) is 0 Å². The van der Waals surface area contributed by atoms with E-state index in [1.807, 2.05) is 0 Å². The van der Waals surface area contributed by atoms with Crippen molar-refractivity contribution in [1.82, 2.24) is 0 Å². The zero-order valence-electron chi connectivity index (χ0n) is 16.0. The predicted octanol–water partition coefficient (Wildman–Crippen LogP) is 4.20. The molecule has 3 aromatic rings. The molecule has 0 aliphatic heterocycles. The van der Waals surface area contributed by atoms with Gasteiger partial charge in [0, 0.05) is 17.6 Å². The fourth-order valence-electron chi connectivity index (χ4n) is 2.66. The van der Waals surface area contributed by atoms with E-state index < -0.39 is 28.4 Å². The van der Waals surface area contributed by atoms with Gasteiger partial charge in [0.2, 0.25) is 0 Å². The number of Topliss-reactive ketones (excluding diaryl/α,β-unsaturated/α-hetero) is 1. The maximum atomic E-state index is 12.8. The topological polar surface area (TPSA) is 80.8 Å². The fraction of sp³-hybridized carbons (Fsp3) is 0.0909. The highest BCUT2D eigenvalue weighted by atomic mass is 35.5. The van der Waals surface area contributed by atoms with Crippen LogP contribution >= 0.6 is 11.6 Å². The minimum absolute atomic E-state index is 0.0282. The van der Waals surface area contributed by atoms with Gasteiger partial charge in [-0.2, -0.15) is 0 Å². The number of nitrogens with zero attached hydrogens (tertiary/aromatic N) is 1. The smallest absolute Gasteiger partial charge is 0.338 e. The highest BCUT2D eigenvalue weighted by Crippen LogP contribution is 2.22. The molecule has 30 heavy (non-hydrogen) atoms. The number of halogens is 1. The van der Waals surface area contributed by atoms with Crippen molar-refractivity contribution >= 4 is 39.1 Å². The molecule has 0 unspecified atom stereocenters. The summed E-state index contributed by atoms with van der Waals surface area (Å²) in [7, 11) is -2.33. The number of benzene rings is 3. The Morgan fingerprint density at radius 2 is 1.57 bits per heavy atom. The first kappa shape index (κ1) is 21.5. The second-order valence-corrected chi connectivity index (χ2v) is 8.75. The van der Waals surface area contributed by atoms with Crippen LogP contribution in [-0.2, 0) is 14.8 Å². The Morgan fingerprint density at radius 1 is 0.900 bits per heavy atom. The minimum atomic E-state index is -3.79. The standard InChI is InChI=1S/C22H18ClNO5S/c1-24(19-8-3-2-4-9-19)30(27,28)20-12-10-16(11-13-20)22(26)29-15-21(25)17-6-5-7-18(23)14-17/h2-14H,15H2,1H3. The van der Waals surface area contributed by atoms with E-state index in [-0.39, 0.29) is 10.5 Å². The number of ether oxygens (including phenoxy) is 1. The summed E-state index contributed by atoms with van der Waals surface area (Å²) in [5.74, 6) is -1.12. The molecule has 0 aliphatic carbocycles. The quantitative estimate of drug-likeness (QED) is 0.403. The summed E-state index contributed by atoms with van der Waals surface area (Å²) >= 11 is 5.85. The van der Waals surface area contributed by atoms with Crippen molar-refractivity contribution in [3.8, 4) is 0 Å². The van der Waals surface area contributed by atoms with Crippen LogP contribution in [0.4, 0.5) is 5.69 Å². The van der Waals surface area contributed by atoms with Crippen molar-refractivity contribution < 1.29 is 22.7 Å². The molecular weight excluding hydrogens is 426 g/mol. The molecule has 0 spiro atoms. The van der Waals surface area contributed by atoms with Crippen LogP contribution in [0.1, 0.15) is 20.7 Å². The maximum Gasteiger partial charge on any atom is 0.338 e. The molecule has 0 aliphatic rings. The summed E-state index contributed by atoms with van der Waals surface area (Å²) in [5.41, 5.74) is 0.983. The van der Waals surface area contributed by atoms with E-state index in [2.05, 4.69) is 0 Å². The van der Waals surface area contributed by atoms with Gasteiger partial charge < -0.3 is 4.74 Å². The largest absolute Gasteiger partial charge is 0.454 e. The van der Waals surface area contributed by atoms with Gasteiger partial charge in [-0.3, -0.25) is 9.10 Å². The molecule has 3 rings (SSSR count). The number of anilines is 1. The number of esters is 1. The SMILES string of the molecule is CN(c1ccccc1)S(=O)(=O)c1ccc(C(=O)OCC(=O)c2cccc(Cl)c2)cc1. The normalized spacial score (nSPS) is 11.0. The van der Waals surface area contributed by atoms with Crippen molar-refractivity contribution in [3.05, 3.63) is 95.0 Å². The second kappa shape index (κ2) is 9.11. The predicted molar refractivity (Wildman–Crippen MR) is 115 cm³/mol. The first-order valence-electron chi connectivity index (χ1n) is 8.89. The second-order valence-electron chi connectivity index (χ2n) is 6.34. The number of carbonyl (C=O) groups is 2. The first-order valence-corrected chi connectivity index (χ1v) is 10.7. The van der Waals surface area contributed by atoms with Gasteiger partial charge in [0.05, 0.1) is 16.1 Å². The molecule has 0 saturated carbocycles. The molecule has 0 saturated heterocycles. The molecule has 3 aromatic carbocycles. The monoisotopic (exact) mass is 443 g/mol. The summed E-state index contributed by atoms with van der Waals surface area (Å²) in [4.78, 5) is 24.3. The summed E-state index contributed by atoms with van der Waals surface area (Å²) in [6, 6.07) is 20.3. The zero-order chi connectivity index (χ0) is 21.7. The third-order valence-electron chi connectivity index (χ3n) is 4.35. The van der Waals surface area contributed by atoms with Crippen molar-refractivity contribution in [2.75, 3.05) is 18.0 Å². The van der Waals surface area contributed by atoms with E-state index in [1.165, 1.54) is 37.4 Å². The summed E-state index contributed by atoms with van der Waals surface area (Å²) in [6.45, 7) is -0.448. The van der Waals surface area contributed by atoms with E-state index in [0.717, 1.165) is 4.31 Å². The molecule has 0 fully saturated rings. The van der Waals surface area contributed by atoms with Crippen LogP contribution in [0.25, 0.3) is 0 Å². The van der Waals surface area contributed by atoms with E-state index in [4.69, 9.17) is 16.3 Å². The van der Waals surface area contributed by atoms with Gasteiger partial charge in [0.25, 0.3) is 10.0 Å². The number of rotatable bonds is 7. The number of ketones is 1. The van der Waals surface area contributed by atoms with Crippen LogP contribution in [0.5, 0.6) is 0 Å². The van der Waals surface area contributed by atoms with Gasteiger partial charge in [-0.15, -0.1) is 0 Å². The van der Waals surface area contributed by atoms with E-state index in [1.54, 1.807) is 48.5 Å². The molecule has 0 heterocycles. The lowest BCUT2D eigenvalue weighted by molar-refractivity contribution is 0.0474. The summed E-state index contributed by atoms with van der Waals surface area (Å²) < 4.78 is 31.7. The Kier molecular flexibility index (Phi) is 6.54. The molecule has 0 aromatic heterocycles. The first-order chi connectivity index (χ1) is 14.3. The highest BCUT2D eigenvalue weighted by Gasteiger charge is 2.22. The fourth-order valence-corrected chi connectivity index (χ4v) is 4.04. The third kappa shape index (κ3) is 4.87. The van der Waals surface area contributed by atoms with Crippen molar-refractivity contribution in [2.24, 2.45) is 0 Å². The van der Waals surface area contributed by atoms with Crippen LogP contribution in [-0.4, -0.2) is 33.8 Å². The molecule has 0 atom stereocenters. The maximum absolute atomic E-state index is 12.8. The Balaban J connectivity index is 1.67. The van der Waals surface area contributed by atoms with Gasteiger partial charge in [0.15, 0.2) is 12.4 Å². The van der Waals surface area contributed by atoms with Crippen LogP contribution < -0.4 is 4.31 Å². The van der Waals surface area contributed by atoms with E-state index >= 15 is 0 Å². The molecule has 0 radical (unpaired) electrons. The van der Waals surface area contributed by atoms with Gasteiger partial charge in [-0.05, 0) is 48.5 Å². The van der Waals surface area contributed by atoms with Crippen molar-refractivity contribution in [3.63, 3.8) is 0 Å². The van der Waals surface area contributed by atoms with E-state index in [0.29, 0.717) is 16.3 Å². The number of sulfonamides is 1. The highest BCUT2D eigenvalue weighted by molar-refractivity contribution is 7.92. The number of para-hydroxylation sites is 1. The summed E-state index contributed by atoms with van der Waals surface area (Å²) in [5, 5.41) is 0.407. The molecule has 154 valence electrons. The Bertz CT molecular complexity index is 1160. The number of hydrogen-bond acceptors (Lipinski definition) is 5. The van der Waals surface area contributed by atoms with Gasteiger partial charge in [0.1, 0.15) is 0 Å². The van der Waals surface area contributed by atoms with Gasteiger partial charge in [-0.25, -0.2) is 13.2 Å². The molecule has 0 bridgehead atoms. The van der Waals surface area contributed by atoms with Crippen molar-refractivity contribution in [1.29, 1.82) is 0 Å². The lowest BCUT2D eigenvalue weighted by atomic mass is 10.1. The third-order valence-corrected chi connectivity index (χ3v) is 6.38. The Morgan fingerprint density at radius 3 is 2.20 bits per heavy atom. The lowest BCUT2D eigenvalue weighted by Crippen LogP contribution is -2.26. The number of carbonyl (C=O) groups excluding carboxylic acids is 2. The average molecular weight is 444 g/mol. The van der Waals surface area contributed by atoms with Gasteiger partial charge >= 0.3 is 5.97 Å². The lowest BCUT2D eigenvalue weighted by Gasteiger charge is -2.19. The minimum Gasteiger partial charge on any atom is -0.454 e. The average Bonchev–Trinajstić information content (AvgIpc) is 2.77. The number of hydrogen-bond donors (Lipinski definition) is 0.